The number of aryl methyl sites for hydroxylation is 2. The molecule has 2 heterocycles. The number of para-hydroxylation sites is 2. The first-order valence-corrected chi connectivity index (χ1v) is 14.0. The van der Waals surface area contributed by atoms with Gasteiger partial charge in [-0.3, -0.25) is 0 Å². The molecule has 1 aromatic heterocycles. The molecule has 0 aliphatic carbocycles. The van der Waals surface area contributed by atoms with Crippen LogP contribution in [0.4, 0.5) is 5.69 Å². The summed E-state index contributed by atoms with van der Waals surface area (Å²) in [6, 6.07) is 23.8. The van der Waals surface area contributed by atoms with E-state index in [4.69, 9.17) is 0 Å². The molecule has 0 spiro atoms. The molecule has 1 N–H and O–H groups in total. The van der Waals surface area contributed by atoms with E-state index in [1.165, 1.54) is 11.3 Å². The first-order valence-electron chi connectivity index (χ1n) is 12.5. The van der Waals surface area contributed by atoms with Crippen LogP contribution in [0.2, 0.25) is 0 Å². The Bertz CT molecular complexity index is 1440. The Kier molecular flexibility index (Phi) is 7.09. The minimum Gasteiger partial charge on any atom is -0.369 e. The molecule has 1 aliphatic heterocycles. The second-order valence-corrected chi connectivity index (χ2v) is 11.0. The van der Waals surface area contributed by atoms with Gasteiger partial charge in [-0.1, -0.05) is 49.7 Å². The van der Waals surface area contributed by atoms with Gasteiger partial charge in [-0.2, -0.15) is 0 Å². The molecule has 7 nitrogen and oxygen atoms in total. The quantitative estimate of drug-likeness (QED) is 0.387. The fraction of sp³-hybridized carbons (Fsp3) is 0.321. The van der Waals surface area contributed by atoms with Gasteiger partial charge in [0, 0.05) is 38.4 Å². The Morgan fingerprint density at radius 2 is 1.64 bits per heavy atom. The van der Waals surface area contributed by atoms with Crippen LogP contribution in [0, 0.1) is 6.92 Å². The van der Waals surface area contributed by atoms with Crippen LogP contribution in [0.15, 0.2) is 77.7 Å². The number of aromatic nitrogens is 2. The summed E-state index contributed by atoms with van der Waals surface area (Å²) in [6.45, 7) is 7.62. The van der Waals surface area contributed by atoms with Crippen LogP contribution in [0.3, 0.4) is 0 Å². The van der Waals surface area contributed by atoms with Crippen molar-refractivity contribution >= 4 is 26.7 Å². The largest absolute Gasteiger partial charge is 0.369 e. The van der Waals surface area contributed by atoms with Gasteiger partial charge in [0.1, 0.15) is 5.82 Å². The highest BCUT2D eigenvalue weighted by molar-refractivity contribution is 7.89. The van der Waals surface area contributed by atoms with E-state index in [0.717, 1.165) is 48.4 Å². The van der Waals surface area contributed by atoms with E-state index in [1.807, 2.05) is 37.3 Å². The molecule has 36 heavy (non-hydrogen) atoms. The highest BCUT2D eigenvalue weighted by Gasteiger charge is 2.23. The van der Waals surface area contributed by atoms with Crippen LogP contribution in [-0.4, -0.2) is 49.2 Å². The van der Waals surface area contributed by atoms with E-state index in [0.29, 0.717) is 19.6 Å². The summed E-state index contributed by atoms with van der Waals surface area (Å²) in [4.78, 5) is 9.98. The third-order valence-corrected chi connectivity index (χ3v) is 8.15. The SMILES string of the molecule is CCCc1cccc(N2CCN(NS(=O)(=O)c3ccc(Cn4c(C)nc5ccccc54)cc3)CC2)c1. The zero-order valence-corrected chi connectivity index (χ0v) is 21.7. The zero-order chi connectivity index (χ0) is 25.1. The summed E-state index contributed by atoms with van der Waals surface area (Å²) >= 11 is 0. The van der Waals surface area contributed by atoms with Gasteiger partial charge >= 0.3 is 0 Å². The van der Waals surface area contributed by atoms with Gasteiger partial charge in [0.25, 0.3) is 10.0 Å². The molecule has 1 saturated heterocycles. The average Bonchev–Trinajstić information content (AvgIpc) is 3.20. The number of imidazole rings is 1. The van der Waals surface area contributed by atoms with Crippen molar-refractivity contribution in [2.45, 2.75) is 38.1 Å². The highest BCUT2D eigenvalue weighted by atomic mass is 32.2. The number of piperazine rings is 1. The predicted octanol–water partition coefficient (Wildman–Crippen LogP) is 4.36. The summed E-state index contributed by atoms with van der Waals surface area (Å²) in [6.07, 6.45) is 2.20. The number of sulfonamides is 1. The summed E-state index contributed by atoms with van der Waals surface area (Å²) in [5, 5.41) is 1.80. The van der Waals surface area contributed by atoms with Crippen LogP contribution >= 0.6 is 0 Å². The number of hydrogen-bond donors (Lipinski definition) is 1. The lowest BCUT2D eigenvalue weighted by Crippen LogP contribution is -2.53. The van der Waals surface area contributed by atoms with Crippen LogP contribution < -0.4 is 9.73 Å². The molecule has 1 fully saturated rings. The first kappa shape index (κ1) is 24.5. The van der Waals surface area contributed by atoms with Gasteiger partial charge in [-0.05, 0) is 60.9 Å². The molecular weight excluding hydrogens is 470 g/mol. The Hall–Kier alpha value is -3.20. The second-order valence-electron chi connectivity index (χ2n) is 9.37. The van der Waals surface area contributed by atoms with Crippen LogP contribution in [0.1, 0.15) is 30.3 Å². The molecule has 5 rings (SSSR count). The Balaban J connectivity index is 1.21. The monoisotopic (exact) mass is 503 g/mol. The van der Waals surface area contributed by atoms with Crippen molar-refractivity contribution in [3.63, 3.8) is 0 Å². The fourth-order valence-corrected chi connectivity index (χ4v) is 5.95. The predicted molar refractivity (Wildman–Crippen MR) is 145 cm³/mol. The zero-order valence-electron chi connectivity index (χ0n) is 20.9. The first-order chi connectivity index (χ1) is 17.4. The number of hydrazine groups is 1. The Labute approximate surface area is 213 Å². The molecule has 1 aliphatic rings. The number of anilines is 1. The summed E-state index contributed by atoms with van der Waals surface area (Å²) in [5.74, 6) is 0.936. The summed E-state index contributed by atoms with van der Waals surface area (Å²) in [7, 11) is -3.64. The molecule has 0 unspecified atom stereocenters. The van der Waals surface area contributed by atoms with E-state index in [9.17, 15) is 8.42 Å². The van der Waals surface area contributed by atoms with E-state index in [-0.39, 0.29) is 4.90 Å². The van der Waals surface area contributed by atoms with Crippen molar-refractivity contribution in [2.75, 3.05) is 31.1 Å². The van der Waals surface area contributed by atoms with Gasteiger partial charge in [0.2, 0.25) is 0 Å². The summed E-state index contributed by atoms with van der Waals surface area (Å²) in [5.41, 5.74) is 5.62. The maximum Gasteiger partial charge on any atom is 0.253 e. The average molecular weight is 504 g/mol. The number of fused-ring (bicyclic) bond motifs is 1. The van der Waals surface area contributed by atoms with Crippen molar-refractivity contribution in [3.05, 3.63) is 89.7 Å². The van der Waals surface area contributed by atoms with Gasteiger partial charge in [0.15, 0.2) is 0 Å². The molecule has 188 valence electrons. The third-order valence-electron chi connectivity index (χ3n) is 6.76. The number of nitrogens with one attached hydrogen (secondary N) is 1. The highest BCUT2D eigenvalue weighted by Crippen LogP contribution is 2.21. The maximum absolute atomic E-state index is 13.0. The molecule has 4 aromatic rings. The molecule has 0 saturated carbocycles. The van der Waals surface area contributed by atoms with Crippen molar-refractivity contribution in [3.8, 4) is 0 Å². The van der Waals surface area contributed by atoms with E-state index in [2.05, 4.69) is 56.5 Å². The second kappa shape index (κ2) is 10.4. The van der Waals surface area contributed by atoms with E-state index in [1.54, 1.807) is 17.1 Å². The lowest BCUT2D eigenvalue weighted by molar-refractivity contribution is 0.226. The van der Waals surface area contributed by atoms with Gasteiger partial charge in [-0.15, -0.1) is 4.83 Å². The van der Waals surface area contributed by atoms with Crippen molar-refractivity contribution in [1.29, 1.82) is 0 Å². The third kappa shape index (κ3) is 5.31. The van der Waals surface area contributed by atoms with Crippen molar-refractivity contribution in [1.82, 2.24) is 19.4 Å². The minimum absolute atomic E-state index is 0.271. The fourth-order valence-electron chi connectivity index (χ4n) is 4.83. The Morgan fingerprint density at radius 1 is 0.889 bits per heavy atom. The molecule has 8 heteroatoms. The van der Waals surface area contributed by atoms with Gasteiger partial charge < -0.3 is 9.47 Å². The summed E-state index contributed by atoms with van der Waals surface area (Å²) < 4.78 is 28.2. The minimum atomic E-state index is -3.64. The Morgan fingerprint density at radius 3 is 2.39 bits per heavy atom. The van der Waals surface area contributed by atoms with Crippen molar-refractivity contribution in [2.24, 2.45) is 0 Å². The molecule has 3 aromatic carbocycles. The molecule has 0 amide bonds. The standard InChI is InChI=1S/C28H33N5O2S/c1-3-7-23-8-6-9-25(20-23)31-16-18-32(19-17-31)30-36(34,35)26-14-12-24(13-15-26)21-33-22(2)29-27-10-4-5-11-28(27)33/h4-6,8-15,20,30H,3,7,16-19,21H2,1-2H3. The normalized spacial score (nSPS) is 15.0. The molecule has 0 bridgehead atoms. The van der Waals surface area contributed by atoms with E-state index >= 15 is 0 Å². The van der Waals surface area contributed by atoms with Crippen LogP contribution in [0.5, 0.6) is 0 Å². The molecule has 0 atom stereocenters. The van der Waals surface area contributed by atoms with Crippen molar-refractivity contribution < 1.29 is 8.42 Å². The molecule has 0 radical (unpaired) electrons. The van der Waals surface area contributed by atoms with Gasteiger partial charge in [-0.25, -0.2) is 18.4 Å². The lowest BCUT2D eigenvalue weighted by Gasteiger charge is -2.36. The number of rotatable bonds is 8. The van der Waals surface area contributed by atoms with Crippen LogP contribution in [0.25, 0.3) is 11.0 Å². The number of benzene rings is 3. The maximum atomic E-state index is 13.0. The lowest BCUT2D eigenvalue weighted by atomic mass is 10.1. The topological polar surface area (TPSA) is 70.5 Å². The number of nitrogens with zero attached hydrogens (tertiary/aromatic N) is 4. The number of hydrogen-bond acceptors (Lipinski definition) is 5. The van der Waals surface area contributed by atoms with E-state index < -0.39 is 10.0 Å². The smallest absolute Gasteiger partial charge is 0.253 e. The molecular formula is C28H33N5O2S. The van der Waals surface area contributed by atoms with Crippen LogP contribution in [-0.2, 0) is 23.0 Å². The van der Waals surface area contributed by atoms with Gasteiger partial charge in [0.05, 0.1) is 15.9 Å².